The fourth-order valence-corrected chi connectivity index (χ4v) is 3.66. The summed E-state index contributed by atoms with van der Waals surface area (Å²) in [4.78, 5) is -1.97. The topological polar surface area (TPSA) is 73.2 Å². The lowest BCUT2D eigenvalue weighted by molar-refractivity contribution is 0.111. The monoisotopic (exact) mass is 447 g/mol. The number of sulfonamides is 1. The maximum Gasteiger partial charge on any atom is 0.268 e. The zero-order chi connectivity index (χ0) is 21.9. The van der Waals surface area contributed by atoms with Gasteiger partial charge in [-0.2, -0.15) is 5.10 Å². The van der Waals surface area contributed by atoms with E-state index in [2.05, 4.69) is 5.10 Å². The first-order valence-electron chi connectivity index (χ1n) is 8.39. The third-order valence-electron chi connectivity index (χ3n) is 3.90. The van der Waals surface area contributed by atoms with E-state index < -0.39 is 44.0 Å². The Morgan fingerprint density at radius 3 is 2.17 bits per heavy atom. The molecular weight excluding hydrogens is 433 g/mol. The number of nitrogens with one attached hydrogen (secondary N) is 1. The average molecular weight is 447 g/mol. The molecule has 1 heterocycles. The minimum atomic E-state index is -5.12. The first-order valence-corrected chi connectivity index (χ1v) is 9.87. The molecule has 30 heavy (non-hydrogen) atoms. The molecule has 3 rings (SSSR count). The Hall–Kier alpha value is -2.99. The predicted octanol–water partition coefficient (Wildman–Crippen LogP) is 3.60. The minimum Gasteiger partial charge on any atom is -0.375 e. The van der Waals surface area contributed by atoms with Gasteiger partial charge in [-0.1, -0.05) is 30.3 Å². The molecule has 0 aliphatic carbocycles. The van der Waals surface area contributed by atoms with Crippen LogP contribution in [0.25, 0.3) is 0 Å². The van der Waals surface area contributed by atoms with Crippen molar-refractivity contribution in [3.8, 4) is 0 Å². The summed E-state index contributed by atoms with van der Waals surface area (Å²) < 4.78 is 100. The van der Waals surface area contributed by atoms with Crippen LogP contribution in [-0.4, -0.2) is 24.8 Å². The van der Waals surface area contributed by atoms with Crippen LogP contribution in [0.15, 0.2) is 47.6 Å². The van der Waals surface area contributed by atoms with Gasteiger partial charge < -0.3 is 4.74 Å². The third kappa shape index (κ3) is 4.60. The summed E-state index contributed by atoms with van der Waals surface area (Å²) in [6.45, 7) is 0.791. The van der Waals surface area contributed by atoms with Crippen molar-refractivity contribution < 1.29 is 35.1 Å². The van der Waals surface area contributed by atoms with Crippen LogP contribution in [0.1, 0.15) is 5.56 Å². The number of halogens is 5. The molecule has 1 N–H and O–H groups in total. The SMILES string of the molecule is O=S(=O)(Nc1cnn(CCOCc2ccccc2)c1)c1c(F)c(F)c(F)c(F)c1F. The zero-order valence-corrected chi connectivity index (χ0v) is 15.9. The van der Waals surface area contributed by atoms with Crippen LogP contribution in [0.5, 0.6) is 0 Å². The van der Waals surface area contributed by atoms with E-state index in [1.807, 2.05) is 30.3 Å². The molecule has 0 radical (unpaired) electrons. The quantitative estimate of drug-likeness (QED) is 0.248. The molecule has 0 atom stereocenters. The van der Waals surface area contributed by atoms with Crippen molar-refractivity contribution >= 4 is 15.7 Å². The molecule has 160 valence electrons. The van der Waals surface area contributed by atoms with E-state index in [9.17, 15) is 30.4 Å². The molecule has 6 nitrogen and oxygen atoms in total. The number of aromatic nitrogens is 2. The maximum atomic E-state index is 13.8. The van der Waals surface area contributed by atoms with Crippen LogP contribution in [0, 0.1) is 29.1 Å². The van der Waals surface area contributed by atoms with Gasteiger partial charge in [0.05, 0.1) is 31.6 Å². The molecule has 0 spiro atoms. The van der Waals surface area contributed by atoms with E-state index in [0.717, 1.165) is 11.8 Å². The Morgan fingerprint density at radius 1 is 0.933 bits per heavy atom. The lowest BCUT2D eigenvalue weighted by atomic mass is 10.2. The van der Waals surface area contributed by atoms with Gasteiger partial charge in [0.2, 0.25) is 5.82 Å². The third-order valence-corrected chi connectivity index (χ3v) is 5.30. The van der Waals surface area contributed by atoms with Crippen molar-refractivity contribution in [2.45, 2.75) is 18.0 Å². The smallest absolute Gasteiger partial charge is 0.268 e. The normalized spacial score (nSPS) is 11.6. The average Bonchev–Trinajstić information content (AvgIpc) is 3.15. The molecule has 12 heteroatoms. The van der Waals surface area contributed by atoms with Crippen molar-refractivity contribution in [1.82, 2.24) is 9.78 Å². The van der Waals surface area contributed by atoms with Crippen LogP contribution >= 0.6 is 0 Å². The number of ether oxygens (including phenoxy) is 1. The fraction of sp³-hybridized carbons (Fsp3) is 0.167. The van der Waals surface area contributed by atoms with Gasteiger partial charge in [0.25, 0.3) is 10.0 Å². The first-order chi connectivity index (χ1) is 14.2. The van der Waals surface area contributed by atoms with Crippen LogP contribution in [0.4, 0.5) is 27.6 Å². The molecule has 0 bridgehead atoms. The summed E-state index contributed by atoms with van der Waals surface area (Å²) in [5.41, 5.74) is 0.719. The highest BCUT2D eigenvalue weighted by Gasteiger charge is 2.33. The molecule has 2 aromatic carbocycles. The van der Waals surface area contributed by atoms with Gasteiger partial charge in [-0.25, -0.2) is 30.4 Å². The molecule has 0 saturated carbocycles. The van der Waals surface area contributed by atoms with Crippen molar-refractivity contribution in [2.75, 3.05) is 11.3 Å². The number of nitrogens with zero attached hydrogens (tertiary/aromatic N) is 2. The minimum absolute atomic E-state index is 0.219. The van der Waals surface area contributed by atoms with Crippen molar-refractivity contribution in [3.63, 3.8) is 0 Å². The number of hydrogen-bond donors (Lipinski definition) is 1. The van der Waals surface area contributed by atoms with Gasteiger partial charge >= 0.3 is 0 Å². The second kappa shape index (κ2) is 8.79. The van der Waals surface area contributed by atoms with Crippen molar-refractivity contribution in [1.29, 1.82) is 0 Å². The number of hydrogen-bond acceptors (Lipinski definition) is 4. The largest absolute Gasteiger partial charge is 0.375 e. The number of rotatable bonds is 8. The molecule has 0 aliphatic heterocycles. The zero-order valence-electron chi connectivity index (χ0n) is 15.1. The summed E-state index contributed by atoms with van der Waals surface area (Å²) in [6.07, 6.45) is 2.19. The Labute approximate surface area is 167 Å². The van der Waals surface area contributed by atoms with Gasteiger partial charge in [-0.15, -0.1) is 0 Å². The molecule has 0 amide bonds. The van der Waals surface area contributed by atoms with Gasteiger partial charge in [-0.05, 0) is 5.56 Å². The second-order valence-electron chi connectivity index (χ2n) is 6.03. The predicted molar refractivity (Wildman–Crippen MR) is 95.4 cm³/mol. The summed E-state index contributed by atoms with van der Waals surface area (Å²) in [5.74, 6) is -12.1. The lowest BCUT2D eigenvalue weighted by Gasteiger charge is -2.10. The second-order valence-corrected chi connectivity index (χ2v) is 7.65. The summed E-state index contributed by atoms with van der Waals surface area (Å²) in [5, 5.41) is 3.85. The van der Waals surface area contributed by atoms with E-state index in [0.29, 0.717) is 6.61 Å². The number of anilines is 1. The lowest BCUT2D eigenvalue weighted by Crippen LogP contribution is -2.19. The van der Waals surface area contributed by atoms with Crippen molar-refractivity contribution in [3.05, 3.63) is 77.4 Å². The van der Waals surface area contributed by atoms with E-state index >= 15 is 0 Å². The fourth-order valence-electron chi connectivity index (χ4n) is 2.49. The summed E-state index contributed by atoms with van der Waals surface area (Å²) in [6, 6.07) is 9.33. The van der Waals surface area contributed by atoms with Crippen LogP contribution in [-0.2, 0) is 27.9 Å². The van der Waals surface area contributed by atoms with Crippen LogP contribution in [0.3, 0.4) is 0 Å². The Kier molecular flexibility index (Phi) is 6.37. The van der Waals surface area contributed by atoms with E-state index in [1.54, 1.807) is 4.72 Å². The van der Waals surface area contributed by atoms with Crippen LogP contribution < -0.4 is 4.72 Å². The van der Waals surface area contributed by atoms with Crippen LogP contribution in [0.2, 0.25) is 0 Å². The van der Waals surface area contributed by atoms with Gasteiger partial charge in [0, 0.05) is 6.20 Å². The molecule has 0 aliphatic rings. The molecule has 1 aromatic heterocycles. The highest BCUT2D eigenvalue weighted by molar-refractivity contribution is 7.92. The highest BCUT2D eigenvalue weighted by Crippen LogP contribution is 2.28. The molecule has 0 saturated heterocycles. The maximum absolute atomic E-state index is 13.8. The van der Waals surface area contributed by atoms with E-state index in [1.165, 1.54) is 10.9 Å². The standard InChI is InChI=1S/C18H14F5N3O3S/c19-13-14(20)16(22)18(17(23)15(13)21)30(27,28)25-12-8-24-26(9-12)6-7-29-10-11-4-2-1-3-5-11/h1-5,8-9,25H,6-7,10H2. The van der Waals surface area contributed by atoms with Crippen molar-refractivity contribution in [2.24, 2.45) is 0 Å². The van der Waals surface area contributed by atoms with E-state index in [4.69, 9.17) is 4.74 Å². The highest BCUT2D eigenvalue weighted by atomic mass is 32.2. The molecular formula is C18H14F5N3O3S. The Balaban J connectivity index is 1.67. The molecule has 0 fully saturated rings. The molecule has 3 aromatic rings. The molecule has 0 unspecified atom stereocenters. The Bertz CT molecular complexity index is 1120. The van der Waals surface area contributed by atoms with Gasteiger partial charge in [0.15, 0.2) is 28.2 Å². The summed E-state index contributed by atoms with van der Waals surface area (Å²) in [7, 11) is -5.12. The van der Waals surface area contributed by atoms with E-state index in [-0.39, 0.29) is 18.8 Å². The number of benzene rings is 2. The Morgan fingerprint density at radius 2 is 1.53 bits per heavy atom. The van der Waals surface area contributed by atoms with Gasteiger partial charge in [-0.3, -0.25) is 9.40 Å². The van der Waals surface area contributed by atoms with Gasteiger partial charge in [0.1, 0.15) is 0 Å². The summed E-state index contributed by atoms with van der Waals surface area (Å²) >= 11 is 0. The first kappa shape index (κ1) is 21.7.